The Morgan fingerprint density at radius 2 is 1.58 bits per heavy atom. The van der Waals surface area contributed by atoms with Crippen LogP contribution >= 0.6 is 12.4 Å². The highest BCUT2D eigenvalue weighted by Gasteiger charge is 1.97. The van der Waals surface area contributed by atoms with E-state index < -0.39 is 0 Å². The lowest BCUT2D eigenvalue weighted by molar-refractivity contribution is 0.867. The van der Waals surface area contributed by atoms with Crippen molar-refractivity contribution in [2.75, 3.05) is 0 Å². The van der Waals surface area contributed by atoms with Gasteiger partial charge >= 0.3 is 20.4 Å². The molecule has 0 radical (unpaired) electrons. The van der Waals surface area contributed by atoms with Crippen LogP contribution in [0.1, 0.15) is 25.3 Å². The second-order valence-corrected chi connectivity index (χ2v) is 4.77. The van der Waals surface area contributed by atoms with Crippen LogP contribution < -0.4 is 3.69 Å². The molecule has 0 aliphatic carbocycles. The van der Waals surface area contributed by atoms with Gasteiger partial charge in [0, 0.05) is 0 Å². The van der Waals surface area contributed by atoms with Gasteiger partial charge in [-0.3, -0.25) is 0 Å². The van der Waals surface area contributed by atoms with Crippen molar-refractivity contribution in [1.29, 1.82) is 0 Å². The van der Waals surface area contributed by atoms with Crippen LogP contribution in [-0.2, 0) is 0 Å². The maximum Gasteiger partial charge on any atom is 0.404 e. The Balaban J connectivity index is 0.00000121. The van der Waals surface area contributed by atoms with Gasteiger partial charge in [-0.05, 0) is 11.5 Å². The van der Waals surface area contributed by atoms with Gasteiger partial charge in [0.25, 0.3) is 0 Å². The van der Waals surface area contributed by atoms with Crippen molar-refractivity contribution in [2.45, 2.75) is 24.8 Å². The molecule has 1 aromatic rings. The molecule has 0 spiro atoms. The van der Waals surface area contributed by atoms with E-state index in [0.717, 1.165) is 0 Å². The molecule has 0 saturated carbocycles. The van der Waals surface area contributed by atoms with Gasteiger partial charge in [0.1, 0.15) is 0 Å². The summed E-state index contributed by atoms with van der Waals surface area (Å²) in [4.78, 5) is 0. The van der Waals surface area contributed by atoms with E-state index in [4.69, 9.17) is 0 Å². The Morgan fingerprint density at radius 1 is 1.08 bits per heavy atom. The molecular weight excluding hydrogens is 180 g/mol. The SMILES string of the molecule is Cl.[CH3][Mg][c]1ccc(C(C)C)cc1. The van der Waals surface area contributed by atoms with Crippen molar-refractivity contribution in [3.05, 3.63) is 29.8 Å². The van der Waals surface area contributed by atoms with Crippen molar-refractivity contribution in [2.24, 2.45) is 0 Å². The second-order valence-electron chi connectivity index (χ2n) is 3.25. The van der Waals surface area contributed by atoms with Crippen LogP contribution in [0.3, 0.4) is 0 Å². The molecule has 0 bridgehead atoms. The Bertz CT molecular complexity index is 216. The summed E-state index contributed by atoms with van der Waals surface area (Å²) in [5.41, 5.74) is 1.45. The summed E-state index contributed by atoms with van der Waals surface area (Å²) in [5.74, 6) is 0.669. The number of benzene rings is 1. The summed E-state index contributed by atoms with van der Waals surface area (Å²) < 4.78 is 1.56. The van der Waals surface area contributed by atoms with Crippen molar-refractivity contribution >= 4 is 36.5 Å². The highest BCUT2D eigenvalue weighted by molar-refractivity contribution is 6.51. The van der Waals surface area contributed by atoms with E-state index >= 15 is 0 Å². The topological polar surface area (TPSA) is 0 Å². The van der Waals surface area contributed by atoms with Gasteiger partial charge in [-0.2, -0.15) is 3.69 Å². The number of halogens is 1. The fraction of sp³-hybridized carbons (Fsp3) is 0.400. The monoisotopic (exact) mass is 194 g/mol. The predicted octanol–water partition coefficient (Wildman–Crippen LogP) is 2.61. The van der Waals surface area contributed by atoms with Crippen molar-refractivity contribution in [3.63, 3.8) is 0 Å². The van der Waals surface area contributed by atoms with E-state index in [9.17, 15) is 0 Å². The quantitative estimate of drug-likeness (QED) is 0.636. The highest BCUT2D eigenvalue weighted by atomic mass is 35.5. The second kappa shape index (κ2) is 5.84. The summed E-state index contributed by atoms with van der Waals surface area (Å²) in [7, 11) is 0. The molecule has 0 aromatic heterocycles. The molecule has 0 aliphatic rings. The smallest absolute Gasteiger partial charge is 0.174 e. The standard InChI is InChI=1S/C9H11.CH3.ClH.Mg/c1-8(2)9-6-4-3-5-7-9;;;/h4-8H,1-2H3;1H3;1H;. The molecule has 0 nitrogen and oxygen atoms in total. The predicted molar refractivity (Wildman–Crippen MR) is 59.0 cm³/mol. The zero-order chi connectivity index (χ0) is 8.27. The van der Waals surface area contributed by atoms with Gasteiger partial charge in [-0.1, -0.05) is 38.1 Å². The molecule has 1 rings (SSSR count). The number of hydrogen-bond donors (Lipinski definition) is 0. The van der Waals surface area contributed by atoms with E-state index in [-0.39, 0.29) is 32.8 Å². The first kappa shape index (κ1) is 12.3. The summed E-state index contributed by atoms with van der Waals surface area (Å²) in [6.45, 7) is 4.47. The van der Waals surface area contributed by atoms with E-state index in [2.05, 4.69) is 43.2 Å². The minimum atomic E-state index is 0. The average molecular weight is 195 g/mol. The summed E-state index contributed by atoms with van der Waals surface area (Å²) in [5, 5.41) is 2.32. The molecule has 0 fully saturated rings. The fourth-order valence-electron chi connectivity index (χ4n) is 1.14. The van der Waals surface area contributed by atoms with Crippen LogP contribution in [0.2, 0.25) is 5.05 Å². The third-order valence-electron chi connectivity index (χ3n) is 2.05. The van der Waals surface area contributed by atoms with Crippen molar-refractivity contribution < 1.29 is 0 Å². The third-order valence-corrected chi connectivity index (χ3v) is 3.34. The zero-order valence-corrected chi connectivity index (χ0v) is 10.2. The van der Waals surface area contributed by atoms with Gasteiger partial charge in [0.05, 0.1) is 0 Å². The minimum Gasteiger partial charge on any atom is -0.174 e. The largest absolute Gasteiger partial charge is 0.404 e. The van der Waals surface area contributed by atoms with Gasteiger partial charge in [0.2, 0.25) is 0 Å². The number of rotatable bonds is 2. The van der Waals surface area contributed by atoms with Gasteiger partial charge in [0.15, 0.2) is 0 Å². The van der Waals surface area contributed by atoms with Gasteiger partial charge < -0.3 is 0 Å². The van der Waals surface area contributed by atoms with Crippen LogP contribution in [0.5, 0.6) is 0 Å². The maximum atomic E-state index is 2.32. The molecule has 0 unspecified atom stereocenters. The molecular formula is C10H15ClMg. The van der Waals surface area contributed by atoms with Crippen LogP contribution in [0, 0.1) is 0 Å². The lowest BCUT2D eigenvalue weighted by Gasteiger charge is -2.05. The first-order chi connectivity index (χ1) is 5.24. The van der Waals surface area contributed by atoms with E-state index in [1.165, 1.54) is 5.56 Å². The molecule has 0 amide bonds. The molecule has 2 heteroatoms. The molecule has 0 atom stereocenters. The van der Waals surface area contributed by atoms with E-state index in [1.54, 1.807) is 3.69 Å². The summed E-state index contributed by atoms with van der Waals surface area (Å²) in [6, 6.07) is 9.08. The van der Waals surface area contributed by atoms with Crippen LogP contribution in [0.15, 0.2) is 24.3 Å². The molecule has 0 aliphatic heterocycles. The molecule has 0 heterocycles. The van der Waals surface area contributed by atoms with E-state index in [0.29, 0.717) is 5.92 Å². The van der Waals surface area contributed by atoms with Crippen LogP contribution in [0.4, 0.5) is 0 Å². The molecule has 1 aromatic carbocycles. The lowest BCUT2D eigenvalue weighted by Crippen LogP contribution is -2.09. The highest BCUT2D eigenvalue weighted by Crippen LogP contribution is 2.11. The average Bonchev–Trinajstić information content (AvgIpc) is 2.05. The van der Waals surface area contributed by atoms with Crippen molar-refractivity contribution in [1.82, 2.24) is 0 Å². The zero-order valence-electron chi connectivity index (χ0n) is 8.00. The Kier molecular flexibility index (Phi) is 5.98. The van der Waals surface area contributed by atoms with Crippen LogP contribution in [0.25, 0.3) is 0 Å². The molecule has 0 saturated heterocycles. The lowest BCUT2D eigenvalue weighted by atomic mass is 10.0. The minimum absolute atomic E-state index is 0. The first-order valence-electron chi connectivity index (χ1n) is 4.33. The van der Waals surface area contributed by atoms with Crippen LogP contribution in [-0.4, -0.2) is 20.4 Å². The number of hydrogen-bond acceptors (Lipinski definition) is 0. The Morgan fingerprint density at radius 3 is 1.92 bits per heavy atom. The summed E-state index contributed by atoms with van der Waals surface area (Å²) in [6.07, 6.45) is 0. The fourth-order valence-corrected chi connectivity index (χ4v) is 1.85. The first-order valence-corrected chi connectivity index (χ1v) is 6.45. The Hall–Kier alpha value is 0.276. The van der Waals surface area contributed by atoms with E-state index in [1.807, 2.05) is 0 Å². The van der Waals surface area contributed by atoms with Gasteiger partial charge in [-0.15, -0.1) is 17.5 Å². The molecule has 0 N–H and O–H groups in total. The maximum absolute atomic E-state index is 2.32. The van der Waals surface area contributed by atoms with Gasteiger partial charge in [-0.25, -0.2) is 0 Å². The third kappa shape index (κ3) is 3.34. The normalized spacial score (nSPS) is 9.00. The summed E-state index contributed by atoms with van der Waals surface area (Å²) >= 11 is 0.0507. The Labute approximate surface area is 90.9 Å². The molecule has 12 heavy (non-hydrogen) atoms. The molecule has 64 valence electrons. The van der Waals surface area contributed by atoms with Crippen molar-refractivity contribution in [3.8, 4) is 0 Å².